The standard InChI is InChI=1S/C16H14ClFN2O/c17-14-8-11(9-20)4-5-13(14)10-21-16-12(6-7-19)2-1-3-15(16)18/h1-5,8H,6-7,10,19H2. The van der Waals surface area contributed by atoms with Gasteiger partial charge < -0.3 is 10.5 Å². The van der Waals surface area contributed by atoms with Gasteiger partial charge in [0, 0.05) is 10.6 Å². The zero-order chi connectivity index (χ0) is 15.2. The minimum Gasteiger partial charge on any atom is -0.485 e. The van der Waals surface area contributed by atoms with E-state index < -0.39 is 5.82 Å². The second kappa shape index (κ2) is 7.07. The minimum absolute atomic E-state index is 0.128. The number of para-hydroxylation sites is 1. The van der Waals surface area contributed by atoms with Crippen molar-refractivity contribution in [3.8, 4) is 11.8 Å². The Bertz CT molecular complexity index is 682. The van der Waals surface area contributed by atoms with Crippen LogP contribution in [-0.4, -0.2) is 6.54 Å². The van der Waals surface area contributed by atoms with Gasteiger partial charge in [0.2, 0.25) is 0 Å². The van der Waals surface area contributed by atoms with Gasteiger partial charge >= 0.3 is 0 Å². The number of halogens is 2. The fourth-order valence-corrected chi connectivity index (χ4v) is 2.19. The van der Waals surface area contributed by atoms with Crippen molar-refractivity contribution in [3.05, 3.63) is 63.9 Å². The first-order valence-electron chi connectivity index (χ1n) is 6.44. The Morgan fingerprint density at radius 2 is 2.05 bits per heavy atom. The van der Waals surface area contributed by atoms with Crippen molar-refractivity contribution in [1.82, 2.24) is 0 Å². The average Bonchev–Trinajstić information content (AvgIpc) is 2.48. The number of benzene rings is 2. The minimum atomic E-state index is -0.425. The largest absolute Gasteiger partial charge is 0.485 e. The summed E-state index contributed by atoms with van der Waals surface area (Å²) in [6.45, 7) is 0.542. The highest BCUT2D eigenvalue weighted by Crippen LogP contribution is 2.26. The fraction of sp³-hybridized carbons (Fsp3) is 0.188. The van der Waals surface area contributed by atoms with E-state index in [1.165, 1.54) is 6.07 Å². The summed E-state index contributed by atoms with van der Waals surface area (Å²) in [4.78, 5) is 0. The highest BCUT2D eigenvalue weighted by atomic mass is 35.5. The Morgan fingerprint density at radius 3 is 2.71 bits per heavy atom. The predicted octanol–water partition coefficient (Wildman–Crippen LogP) is 3.43. The molecule has 0 saturated carbocycles. The second-order valence-electron chi connectivity index (χ2n) is 4.47. The summed E-state index contributed by atoms with van der Waals surface area (Å²) in [5.41, 5.74) is 7.40. The van der Waals surface area contributed by atoms with Crippen molar-refractivity contribution >= 4 is 11.6 Å². The van der Waals surface area contributed by atoms with E-state index in [2.05, 4.69) is 0 Å². The number of nitrogens with two attached hydrogens (primary N) is 1. The summed E-state index contributed by atoms with van der Waals surface area (Å²) in [7, 11) is 0. The Morgan fingerprint density at radius 1 is 1.24 bits per heavy atom. The average molecular weight is 305 g/mol. The van der Waals surface area contributed by atoms with E-state index in [-0.39, 0.29) is 12.4 Å². The normalized spacial score (nSPS) is 10.2. The molecule has 2 N–H and O–H groups in total. The molecule has 5 heteroatoms. The summed E-state index contributed by atoms with van der Waals surface area (Å²) < 4.78 is 19.4. The highest BCUT2D eigenvalue weighted by molar-refractivity contribution is 6.31. The summed E-state index contributed by atoms with van der Waals surface area (Å²) in [5, 5.41) is 9.21. The molecule has 0 atom stereocenters. The van der Waals surface area contributed by atoms with Crippen LogP contribution in [0.4, 0.5) is 4.39 Å². The molecule has 0 aromatic heterocycles. The van der Waals surface area contributed by atoms with Crippen LogP contribution < -0.4 is 10.5 Å². The predicted molar refractivity (Wildman–Crippen MR) is 79.7 cm³/mol. The zero-order valence-electron chi connectivity index (χ0n) is 11.3. The number of hydrogen-bond acceptors (Lipinski definition) is 3. The van der Waals surface area contributed by atoms with Gasteiger partial charge in [-0.25, -0.2) is 4.39 Å². The molecular weight excluding hydrogens is 291 g/mol. The summed E-state index contributed by atoms with van der Waals surface area (Å²) in [5.74, 6) is -0.228. The van der Waals surface area contributed by atoms with Gasteiger partial charge in [-0.2, -0.15) is 5.26 Å². The molecule has 0 aliphatic heterocycles. The first kappa shape index (κ1) is 15.3. The number of nitrogens with zero attached hydrogens (tertiary/aromatic N) is 1. The summed E-state index contributed by atoms with van der Waals surface area (Å²) in [6, 6.07) is 11.7. The molecule has 0 aliphatic carbocycles. The lowest BCUT2D eigenvalue weighted by atomic mass is 10.1. The monoisotopic (exact) mass is 304 g/mol. The van der Waals surface area contributed by atoms with Crippen molar-refractivity contribution in [2.24, 2.45) is 5.73 Å². The Hall–Kier alpha value is -2.09. The molecule has 0 saturated heterocycles. The molecule has 3 nitrogen and oxygen atoms in total. The molecule has 0 aliphatic rings. The third-order valence-electron chi connectivity index (χ3n) is 3.02. The number of nitriles is 1. The molecule has 0 heterocycles. The van der Waals surface area contributed by atoms with Crippen LogP contribution >= 0.6 is 11.6 Å². The van der Waals surface area contributed by atoms with E-state index in [0.29, 0.717) is 29.1 Å². The van der Waals surface area contributed by atoms with Crippen LogP contribution in [0.5, 0.6) is 5.75 Å². The first-order chi connectivity index (χ1) is 10.2. The van der Waals surface area contributed by atoms with Gasteiger partial charge in [-0.3, -0.25) is 0 Å². The SMILES string of the molecule is N#Cc1ccc(COc2c(F)cccc2CCN)c(Cl)c1. The Labute approximate surface area is 127 Å². The van der Waals surface area contributed by atoms with Gasteiger partial charge in [-0.05, 0) is 36.7 Å². The summed E-state index contributed by atoms with van der Waals surface area (Å²) in [6.07, 6.45) is 0.536. The van der Waals surface area contributed by atoms with E-state index in [0.717, 1.165) is 5.56 Å². The third-order valence-corrected chi connectivity index (χ3v) is 3.37. The van der Waals surface area contributed by atoms with Crippen molar-refractivity contribution in [1.29, 1.82) is 5.26 Å². The van der Waals surface area contributed by atoms with E-state index in [9.17, 15) is 4.39 Å². The third kappa shape index (κ3) is 3.72. The van der Waals surface area contributed by atoms with Gasteiger partial charge in [0.1, 0.15) is 6.61 Å². The highest BCUT2D eigenvalue weighted by Gasteiger charge is 2.11. The Balaban J connectivity index is 2.19. The number of rotatable bonds is 5. The van der Waals surface area contributed by atoms with Crippen LogP contribution in [0, 0.1) is 17.1 Å². The molecule has 2 rings (SSSR count). The fourth-order valence-electron chi connectivity index (χ4n) is 1.95. The van der Waals surface area contributed by atoms with Gasteiger partial charge in [0.15, 0.2) is 11.6 Å². The van der Waals surface area contributed by atoms with Crippen LogP contribution in [-0.2, 0) is 13.0 Å². The molecule has 2 aromatic carbocycles. The second-order valence-corrected chi connectivity index (χ2v) is 4.88. The van der Waals surface area contributed by atoms with Crippen molar-refractivity contribution in [3.63, 3.8) is 0 Å². The van der Waals surface area contributed by atoms with Crippen LogP contribution in [0.1, 0.15) is 16.7 Å². The van der Waals surface area contributed by atoms with E-state index in [1.807, 2.05) is 6.07 Å². The lowest BCUT2D eigenvalue weighted by molar-refractivity contribution is 0.287. The quantitative estimate of drug-likeness (QED) is 0.920. The maximum Gasteiger partial charge on any atom is 0.165 e. The topological polar surface area (TPSA) is 59.0 Å². The van der Waals surface area contributed by atoms with Crippen molar-refractivity contribution in [2.45, 2.75) is 13.0 Å². The van der Waals surface area contributed by atoms with E-state index in [4.69, 9.17) is 27.3 Å². The van der Waals surface area contributed by atoms with Gasteiger partial charge in [-0.1, -0.05) is 29.8 Å². The molecule has 0 radical (unpaired) electrons. The molecule has 0 unspecified atom stereocenters. The maximum atomic E-state index is 13.9. The molecule has 108 valence electrons. The van der Waals surface area contributed by atoms with Crippen LogP contribution in [0.2, 0.25) is 5.02 Å². The van der Waals surface area contributed by atoms with Crippen LogP contribution in [0.25, 0.3) is 0 Å². The lowest BCUT2D eigenvalue weighted by Gasteiger charge is -2.13. The molecular formula is C16H14ClFN2O. The van der Waals surface area contributed by atoms with Gasteiger partial charge in [-0.15, -0.1) is 0 Å². The lowest BCUT2D eigenvalue weighted by Crippen LogP contribution is -2.07. The Kier molecular flexibility index (Phi) is 5.15. The van der Waals surface area contributed by atoms with Crippen molar-refractivity contribution < 1.29 is 9.13 Å². The van der Waals surface area contributed by atoms with E-state index in [1.54, 1.807) is 30.3 Å². The maximum absolute atomic E-state index is 13.9. The smallest absolute Gasteiger partial charge is 0.165 e. The number of hydrogen-bond donors (Lipinski definition) is 1. The van der Waals surface area contributed by atoms with Crippen LogP contribution in [0.3, 0.4) is 0 Å². The van der Waals surface area contributed by atoms with Crippen LogP contribution in [0.15, 0.2) is 36.4 Å². The summed E-state index contributed by atoms with van der Waals surface area (Å²) >= 11 is 6.07. The molecule has 21 heavy (non-hydrogen) atoms. The molecule has 0 spiro atoms. The molecule has 0 fully saturated rings. The molecule has 2 aromatic rings. The van der Waals surface area contributed by atoms with Gasteiger partial charge in [0.25, 0.3) is 0 Å². The zero-order valence-corrected chi connectivity index (χ0v) is 12.0. The number of ether oxygens (including phenoxy) is 1. The van der Waals surface area contributed by atoms with E-state index >= 15 is 0 Å². The van der Waals surface area contributed by atoms with Crippen molar-refractivity contribution in [2.75, 3.05) is 6.54 Å². The molecule has 0 bridgehead atoms. The van der Waals surface area contributed by atoms with Gasteiger partial charge in [0.05, 0.1) is 11.6 Å². The first-order valence-corrected chi connectivity index (χ1v) is 6.82. The molecule has 0 amide bonds.